The van der Waals surface area contributed by atoms with Crippen LogP contribution in [0.3, 0.4) is 0 Å². The van der Waals surface area contributed by atoms with Crippen LogP contribution >= 0.6 is 0 Å². The first-order valence-corrected chi connectivity index (χ1v) is 6.62. The molecule has 0 aliphatic heterocycles. The molecule has 4 nitrogen and oxygen atoms in total. The lowest BCUT2D eigenvalue weighted by Gasteiger charge is -2.54. The molecule has 106 valence electrons. The van der Waals surface area contributed by atoms with E-state index in [4.69, 9.17) is 16.2 Å². The maximum atomic E-state index is 11.2. The molecule has 1 aliphatic rings. The molecule has 1 fully saturated rings. The fourth-order valence-electron chi connectivity index (χ4n) is 3.96. The summed E-state index contributed by atoms with van der Waals surface area (Å²) in [4.78, 5) is 11.2. The number of rotatable bonds is 2. The van der Waals surface area contributed by atoms with E-state index in [1.54, 1.807) is 0 Å². The molecule has 0 spiro atoms. The van der Waals surface area contributed by atoms with Gasteiger partial charge < -0.3 is 16.2 Å². The molecule has 1 rings (SSSR count). The van der Waals surface area contributed by atoms with E-state index in [1.165, 1.54) is 0 Å². The molecule has 1 saturated carbocycles. The Bertz CT molecular complexity index is 346. The van der Waals surface area contributed by atoms with Crippen molar-refractivity contribution in [2.75, 3.05) is 6.54 Å². The van der Waals surface area contributed by atoms with Gasteiger partial charge in [-0.05, 0) is 37.1 Å². The normalized spacial score (nSPS) is 35.5. The molecular formula is C14H28N2O2. The molecule has 0 aromatic rings. The molecule has 0 radical (unpaired) electrons. The summed E-state index contributed by atoms with van der Waals surface area (Å²) in [6.45, 7) is 13.5. The zero-order valence-electron chi connectivity index (χ0n) is 12.6. The third kappa shape index (κ3) is 1.81. The van der Waals surface area contributed by atoms with Crippen LogP contribution in [0.15, 0.2) is 0 Å². The number of carbonyl (C=O) groups excluding carboxylic acids is 1. The molecule has 0 bridgehead atoms. The third-order valence-electron chi connectivity index (χ3n) is 5.66. The van der Waals surface area contributed by atoms with Crippen LogP contribution in [0.25, 0.3) is 0 Å². The maximum Gasteiger partial charge on any atom is 0.405 e. The summed E-state index contributed by atoms with van der Waals surface area (Å²) in [6.07, 6.45) is 1.05. The summed E-state index contributed by atoms with van der Waals surface area (Å²) in [6, 6.07) is 0. The highest BCUT2D eigenvalue weighted by molar-refractivity contribution is 5.65. The van der Waals surface area contributed by atoms with E-state index >= 15 is 0 Å². The molecule has 1 aliphatic carbocycles. The van der Waals surface area contributed by atoms with Gasteiger partial charge in [-0.3, -0.25) is 0 Å². The van der Waals surface area contributed by atoms with Crippen molar-refractivity contribution < 1.29 is 9.53 Å². The smallest absolute Gasteiger partial charge is 0.405 e. The van der Waals surface area contributed by atoms with E-state index in [0.717, 1.165) is 12.8 Å². The van der Waals surface area contributed by atoms with Gasteiger partial charge in [-0.2, -0.15) is 0 Å². The highest BCUT2D eigenvalue weighted by Gasteiger charge is 2.65. The number of ether oxygens (including phenoxy) is 1. The fraction of sp³-hybridized carbons (Fsp3) is 0.929. The Hall–Kier alpha value is -0.770. The lowest BCUT2D eigenvalue weighted by atomic mass is 9.53. The summed E-state index contributed by atoms with van der Waals surface area (Å²) in [5, 5.41) is 0. The minimum Gasteiger partial charge on any atom is -0.443 e. The van der Waals surface area contributed by atoms with E-state index in [9.17, 15) is 4.79 Å². The van der Waals surface area contributed by atoms with Crippen LogP contribution in [0, 0.1) is 16.2 Å². The monoisotopic (exact) mass is 256 g/mol. The van der Waals surface area contributed by atoms with Crippen molar-refractivity contribution in [1.82, 2.24) is 0 Å². The van der Waals surface area contributed by atoms with Crippen molar-refractivity contribution in [2.24, 2.45) is 27.7 Å². The Morgan fingerprint density at radius 1 is 1.22 bits per heavy atom. The Morgan fingerprint density at radius 2 is 1.72 bits per heavy atom. The minimum absolute atomic E-state index is 0.0457. The highest BCUT2D eigenvalue weighted by Crippen LogP contribution is 2.65. The van der Waals surface area contributed by atoms with E-state index in [-0.39, 0.29) is 16.2 Å². The van der Waals surface area contributed by atoms with Crippen molar-refractivity contribution in [1.29, 1.82) is 0 Å². The molecule has 0 unspecified atom stereocenters. The number of nitrogens with two attached hydrogens (primary N) is 2. The van der Waals surface area contributed by atoms with Gasteiger partial charge in [0.1, 0.15) is 5.60 Å². The van der Waals surface area contributed by atoms with Crippen molar-refractivity contribution in [2.45, 2.75) is 60.0 Å². The highest BCUT2D eigenvalue weighted by atomic mass is 16.6. The van der Waals surface area contributed by atoms with Gasteiger partial charge in [0.2, 0.25) is 0 Å². The first-order valence-electron chi connectivity index (χ1n) is 6.62. The number of hydrogen-bond acceptors (Lipinski definition) is 3. The fourth-order valence-corrected chi connectivity index (χ4v) is 3.96. The number of amides is 1. The Kier molecular flexibility index (Phi) is 3.50. The van der Waals surface area contributed by atoms with Gasteiger partial charge in [0.25, 0.3) is 0 Å². The van der Waals surface area contributed by atoms with E-state index < -0.39 is 11.7 Å². The van der Waals surface area contributed by atoms with Gasteiger partial charge in [0.05, 0.1) is 0 Å². The summed E-state index contributed by atoms with van der Waals surface area (Å²) >= 11 is 0. The predicted octanol–water partition coefficient (Wildman–Crippen LogP) is 2.65. The van der Waals surface area contributed by atoms with Gasteiger partial charge in [-0.25, -0.2) is 4.79 Å². The van der Waals surface area contributed by atoms with Gasteiger partial charge >= 0.3 is 6.09 Å². The standard InChI is InChI=1S/C14H28N2O2/c1-11(2,3)14(9-15)8-7-13(6,12(14,4)5)18-10(16)17/h7-9,15H2,1-6H3,(H2,16,17)/t13-,14+/m0/s1. The second-order valence-corrected chi connectivity index (χ2v) is 7.31. The van der Waals surface area contributed by atoms with Crippen LogP contribution in [-0.4, -0.2) is 18.2 Å². The van der Waals surface area contributed by atoms with Gasteiger partial charge in [-0.15, -0.1) is 0 Å². The topological polar surface area (TPSA) is 78.3 Å². The molecule has 1 amide bonds. The van der Waals surface area contributed by atoms with Crippen LogP contribution in [-0.2, 0) is 4.74 Å². The number of primary amides is 1. The SMILES string of the molecule is CC(C)(C)[C@]1(CN)CC[C@](C)(OC(N)=O)C1(C)C. The first-order chi connectivity index (χ1) is 7.93. The molecule has 0 aromatic carbocycles. The van der Waals surface area contributed by atoms with Crippen LogP contribution in [0.1, 0.15) is 54.4 Å². The van der Waals surface area contributed by atoms with Gasteiger partial charge in [0.15, 0.2) is 0 Å². The molecule has 0 saturated heterocycles. The van der Waals surface area contributed by atoms with Crippen molar-refractivity contribution >= 4 is 6.09 Å². The lowest BCUT2D eigenvalue weighted by molar-refractivity contribution is -0.110. The quantitative estimate of drug-likeness (QED) is 0.797. The largest absolute Gasteiger partial charge is 0.443 e. The molecule has 0 heterocycles. The maximum absolute atomic E-state index is 11.2. The van der Waals surface area contributed by atoms with Crippen molar-refractivity contribution in [3.8, 4) is 0 Å². The van der Waals surface area contributed by atoms with Gasteiger partial charge in [0, 0.05) is 5.41 Å². The molecule has 4 heteroatoms. The van der Waals surface area contributed by atoms with Crippen LogP contribution < -0.4 is 11.5 Å². The van der Waals surface area contributed by atoms with Crippen LogP contribution in [0.5, 0.6) is 0 Å². The third-order valence-corrected chi connectivity index (χ3v) is 5.66. The molecule has 2 atom stereocenters. The first kappa shape index (κ1) is 15.3. The second-order valence-electron chi connectivity index (χ2n) is 7.31. The van der Waals surface area contributed by atoms with E-state index in [2.05, 4.69) is 34.6 Å². The zero-order valence-corrected chi connectivity index (χ0v) is 12.6. The van der Waals surface area contributed by atoms with Crippen molar-refractivity contribution in [3.05, 3.63) is 0 Å². The Morgan fingerprint density at radius 3 is 2.00 bits per heavy atom. The molecule has 18 heavy (non-hydrogen) atoms. The second kappa shape index (κ2) is 4.12. The predicted molar refractivity (Wildman–Crippen MR) is 73.0 cm³/mol. The van der Waals surface area contributed by atoms with Crippen molar-refractivity contribution in [3.63, 3.8) is 0 Å². The molecular weight excluding hydrogens is 228 g/mol. The summed E-state index contributed by atoms with van der Waals surface area (Å²) in [5.41, 5.74) is 10.5. The average molecular weight is 256 g/mol. The summed E-state index contributed by atoms with van der Waals surface area (Å²) in [7, 11) is 0. The molecule has 4 N–H and O–H groups in total. The Balaban J connectivity index is 3.26. The van der Waals surface area contributed by atoms with Crippen LogP contribution in [0.2, 0.25) is 0 Å². The minimum atomic E-state index is -0.702. The number of hydrogen-bond donors (Lipinski definition) is 2. The number of carbonyl (C=O) groups is 1. The Labute approximate surface area is 110 Å². The summed E-state index contributed by atoms with van der Waals surface area (Å²) < 4.78 is 5.45. The average Bonchev–Trinajstić information content (AvgIpc) is 2.33. The summed E-state index contributed by atoms with van der Waals surface area (Å²) in [5.74, 6) is 0. The van der Waals surface area contributed by atoms with Gasteiger partial charge in [-0.1, -0.05) is 34.6 Å². The lowest BCUT2D eigenvalue weighted by Crippen LogP contribution is -2.56. The zero-order chi connectivity index (χ0) is 14.4. The van der Waals surface area contributed by atoms with Crippen LogP contribution in [0.4, 0.5) is 4.79 Å². The van der Waals surface area contributed by atoms with E-state index in [1.807, 2.05) is 6.92 Å². The van der Waals surface area contributed by atoms with E-state index in [0.29, 0.717) is 6.54 Å². The molecule has 0 aromatic heterocycles.